The van der Waals surface area contributed by atoms with Crippen LogP contribution in [0.3, 0.4) is 0 Å². The van der Waals surface area contributed by atoms with Gasteiger partial charge in [-0.25, -0.2) is 5.32 Å². The highest BCUT2D eigenvalue weighted by Crippen LogP contribution is 2.40. The maximum Gasteiger partial charge on any atom is 0.151 e. The molecule has 3 rings (SSSR count). The second kappa shape index (κ2) is 6.55. The van der Waals surface area contributed by atoms with E-state index in [1.165, 1.54) is 64.5 Å². The molecule has 2 heteroatoms. The number of nitrogens with zero attached hydrogens (tertiary/aromatic N) is 2. The molecule has 3 aliphatic rings. The van der Waals surface area contributed by atoms with Gasteiger partial charge in [-0.05, 0) is 12.8 Å². The van der Waals surface area contributed by atoms with Gasteiger partial charge in [0.25, 0.3) is 0 Å². The zero-order valence-electron chi connectivity index (χ0n) is 11.2. The van der Waals surface area contributed by atoms with E-state index in [4.69, 9.17) is 0 Å². The van der Waals surface area contributed by atoms with E-state index < -0.39 is 0 Å². The van der Waals surface area contributed by atoms with Crippen molar-refractivity contribution >= 4 is 0 Å². The molecule has 3 heterocycles. The van der Waals surface area contributed by atoms with E-state index in [1.807, 2.05) is 0 Å². The molecule has 0 aromatic carbocycles. The average Bonchev–Trinajstić information content (AvgIpc) is 2.58. The van der Waals surface area contributed by atoms with Crippen molar-refractivity contribution in [1.82, 2.24) is 10.2 Å². The van der Waals surface area contributed by atoms with Crippen LogP contribution < -0.4 is 10.2 Å². The Bertz CT molecular complexity index is 219. The van der Waals surface area contributed by atoms with Gasteiger partial charge >= 0.3 is 0 Å². The van der Waals surface area contributed by atoms with Crippen molar-refractivity contribution < 1.29 is 0 Å². The summed E-state index contributed by atoms with van der Waals surface area (Å²) in [6.45, 7) is 8.74. The van der Waals surface area contributed by atoms with E-state index in [1.54, 1.807) is 0 Å². The highest BCUT2D eigenvalue weighted by Gasteiger charge is 2.56. The van der Waals surface area contributed by atoms with Crippen LogP contribution in [0.15, 0.2) is 12.7 Å². The van der Waals surface area contributed by atoms with Crippen molar-refractivity contribution in [2.45, 2.75) is 56.9 Å². The maximum absolute atomic E-state index is 4.27. The third kappa shape index (κ3) is 3.32. The molecule has 1 unspecified atom stereocenters. The largest absolute Gasteiger partial charge is 0.242 e. The topological polar surface area (TPSA) is 20.0 Å². The van der Waals surface area contributed by atoms with Crippen molar-refractivity contribution in [2.24, 2.45) is 0 Å². The lowest BCUT2D eigenvalue weighted by molar-refractivity contribution is 0.125. The Hall–Kier alpha value is -0.340. The van der Waals surface area contributed by atoms with Gasteiger partial charge < -0.3 is 0 Å². The second-order valence-electron chi connectivity index (χ2n) is 5.64. The van der Waals surface area contributed by atoms with Gasteiger partial charge in [-0.15, -0.1) is 6.58 Å². The molecular weight excluding hydrogens is 208 g/mol. The minimum atomic E-state index is 0.599. The molecule has 0 aromatic heterocycles. The fourth-order valence-corrected chi connectivity index (χ4v) is 3.33. The van der Waals surface area contributed by atoms with Crippen LogP contribution in [0.4, 0.5) is 0 Å². The summed E-state index contributed by atoms with van der Waals surface area (Å²) in [6, 6.07) is 0. The maximum atomic E-state index is 4.27. The van der Waals surface area contributed by atoms with Crippen LogP contribution >= 0.6 is 0 Å². The summed E-state index contributed by atoms with van der Waals surface area (Å²) in [6.07, 6.45) is 13.0. The molecule has 2 radical (unpaired) electrons. The quantitative estimate of drug-likeness (QED) is 0.518. The molecule has 0 aromatic rings. The molecule has 1 atom stereocenters. The molecule has 0 N–H and O–H groups in total. The molecule has 17 heavy (non-hydrogen) atoms. The first-order valence-electron chi connectivity index (χ1n) is 7.37. The fraction of sp³-hybridized carbons (Fsp3) is 0.867. The van der Waals surface area contributed by atoms with Gasteiger partial charge in [-0.3, -0.25) is 0 Å². The van der Waals surface area contributed by atoms with E-state index in [0.29, 0.717) is 5.54 Å². The van der Waals surface area contributed by atoms with Crippen LogP contribution in [0, 0.1) is 0 Å². The molecule has 3 aliphatic heterocycles. The Morgan fingerprint density at radius 2 is 1.76 bits per heavy atom. The first-order chi connectivity index (χ1) is 8.37. The summed E-state index contributed by atoms with van der Waals surface area (Å²) in [4.78, 5) is 2.62. The number of rotatable bonds is 2. The number of fused-ring (bicyclic) bond motifs is 1. The summed E-state index contributed by atoms with van der Waals surface area (Å²) < 4.78 is 0. The van der Waals surface area contributed by atoms with Crippen LogP contribution in [0.1, 0.15) is 51.4 Å². The lowest BCUT2D eigenvalue weighted by atomic mass is 9.82. The van der Waals surface area contributed by atoms with Crippen LogP contribution in [-0.4, -0.2) is 31.7 Å². The van der Waals surface area contributed by atoms with Gasteiger partial charge in [-0.2, -0.15) is 4.90 Å². The zero-order chi connectivity index (χ0) is 12.0. The highest BCUT2D eigenvalue weighted by molar-refractivity contribution is 5.10. The monoisotopic (exact) mass is 235 g/mol. The predicted octanol–water partition coefficient (Wildman–Crippen LogP) is 2.80. The summed E-state index contributed by atoms with van der Waals surface area (Å²) >= 11 is 0. The van der Waals surface area contributed by atoms with Crippen molar-refractivity contribution in [1.29, 1.82) is 0 Å². The highest BCUT2D eigenvalue weighted by atomic mass is 15.3. The summed E-state index contributed by atoms with van der Waals surface area (Å²) in [5.74, 6) is 0. The van der Waals surface area contributed by atoms with Gasteiger partial charge in [0.15, 0.2) is 5.54 Å². The van der Waals surface area contributed by atoms with Gasteiger partial charge in [0.1, 0.15) is 13.1 Å². The first-order valence-corrected chi connectivity index (χ1v) is 7.37. The normalized spacial score (nSPS) is 32.7. The molecule has 0 saturated carbocycles. The Morgan fingerprint density at radius 3 is 2.29 bits per heavy atom. The van der Waals surface area contributed by atoms with E-state index in [9.17, 15) is 0 Å². The van der Waals surface area contributed by atoms with Crippen LogP contribution in [0.2, 0.25) is 0 Å². The zero-order valence-corrected chi connectivity index (χ0v) is 11.2. The van der Waals surface area contributed by atoms with Crippen LogP contribution in [-0.2, 0) is 0 Å². The molecule has 3 saturated heterocycles. The summed E-state index contributed by atoms with van der Waals surface area (Å²) in [5.41, 5.74) is 0.599. The van der Waals surface area contributed by atoms with Crippen molar-refractivity contribution in [3.8, 4) is 0 Å². The van der Waals surface area contributed by atoms with E-state index in [-0.39, 0.29) is 0 Å². The van der Waals surface area contributed by atoms with Gasteiger partial charge in [0.2, 0.25) is 0 Å². The smallest absolute Gasteiger partial charge is 0.151 e. The van der Waals surface area contributed by atoms with Crippen molar-refractivity contribution in [3.63, 3.8) is 0 Å². The SMILES string of the molecule is C1CCC[N]CC1.C=CCC12CCC[N+]1CC2. The van der Waals surface area contributed by atoms with Gasteiger partial charge in [0, 0.05) is 32.4 Å². The van der Waals surface area contributed by atoms with Crippen molar-refractivity contribution in [2.75, 3.05) is 26.2 Å². The Labute approximate surface area is 106 Å². The number of hydrogen-bond donors (Lipinski definition) is 0. The fourth-order valence-electron chi connectivity index (χ4n) is 3.33. The minimum Gasteiger partial charge on any atom is -0.242 e. The predicted molar refractivity (Wildman–Crippen MR) is 73.6 cm³/mol. The Balaban J connectivity index is 0.000000136. The molecule has 2 nitrogen and oxygen atoms in total. The van der Waals surface area contributed by atoms with Crippen LogP contribution in [0.25, 0.3) is 0 Å². The Kier molecular flexibility index (Phi) is 5.05. The molecule has 0 aliphatic carbocycles. The van der Waals surface area contributed by atoms with Gasteiger partial charge in [0.05, 0.1) is 6.42 Å². The van der Waals surface area contributed by atoms with E-state index >= 15 is 0 Å². The van der Waals surface area contributed by atoms with E-state index in [2.05, 4.69) is 22.9 Å². The lowest BCUT2D eigenvalue weighted by Gasteiger charge is -2.37. The molecule has 3 fully saturated rings. The standard InChI is InChI=1S/C9H15N.C6H12N/c1-2-4-9-5-3-7-10(9)8-6-9;1-2-4-6-7-5-3-1/h2H,1,3-8H2;1-6H2/q+1;. The average molecular weight is 235 g/mol. The first kappa shape index (κ1) is 13.1. The molecule has 0 amide bonds. The Morgan fingerprint density at radius 1 is 1.00 bits per heavy atom. The number of hydrogen-bond acceptors (Lipinski definition) is 1. The van der Waals surface area contributed by atoms with Gasteiger partial charge in [-0.1, -0.05) is 18.9 Å². The molecule has 96 valence electrons. The molecule has 0 bridgehead atoms. The third-order valence-corrected chi connectivity index (χ3v) is 4.49. The molecule has 0 spiro atoms. The summed E-state index contributed by atoms with van der Waals surface area (Å²) in [7, 11) is 0. The van der Waals surface area contributed by atoms with Crippen LogP contribution in [0.5, 0.6) is 0 Å². The van der Waals surface area contributed by atoms with E-state index in [0.717, 1.165) is 13.1 Å². The minimum absolute atomic E-state index is 0.599. The second-order valence-corrected chi connectivity index (χ2v) is 5.64. The van der Waals surface area contributed by atoms with Crippen molar-refractivity contribution in [3.05, 3.63) is 12.7 Å². The third-order valence-electron chi connectivity index (χ3n) is 4.49. The molecular formula is C15H27N2+. The lowest BCUT2D eigenvalue weighted by Crippen LogP contribution is -2.59. The summed E-state index contributed by atoms with van der Waals surface area (Å²) in [5, 5.41) is 4.27.